The Balaban J connectivity index is 1.72. The molecule has 2 unspecified atom stereocenters. The van der Waals surface area contributed by atoms with Gasteiger partial charge in [-0.3, -0.25) is 9.59 Å². The highest BCUT2D eigenvalue weighted by Crippen LogP contribution is 2.36. The number of hydrogen-bond acceptors (Lipinski definition) is 3. The van der Waals surface area contributed by atoms with Crippen LogP contribution in [-0.4, -0.2) is 29.6 Å². The normalized spacial score (nSPS) is 21.8. The minimum atomic E-state index is -0.849. The average molecular weight is 288 g/mol. The van der Waals surface area contributed by atoms with Crippen LogP contribution >= 0.6 is 0 Å². The molecule has 1 heterocycles. The van der Waals surface area contributed by atoms with Gasteiger partial charge in [-0.05, 0) is 36.8 Å². The molecule has 112 valence electrons. The van der Waals surface area contributed by atoms with Gasteiger partial charge in [0.2, 0.25) is 5.91 Å². The summed E-state index contributed by atoms with van der Waals surface area (Å²) in [5.74, 6) is -0.737. The third-order valence-corrected chi connectivity index (χ3v) is 4.31. The van der Waals surface area contributed by atoms with Crippen molar-refractivity contribution in [2.75, 3.05) is 11.9 Å². The molecule has 2 aliphatic rings. The molecule has 5 nitrogen and oxygen atoms in total. The zero-order valence-electron chi connectivity index (χ0n) is 11.8. The molecule has 0 saturated heterocycles. The molecule has 1 fully saturated rings. The van der Waals surface area contributed by atoms with Crippen LogP contribution in [0.15, 0.2) is 24.3 Å². The number of carboxylic acid groups (broad SMARTS) is 1. The second-order valence-corrected chi connectivity index (χ2v) is 5.91. The van der Waals surface area contributed by atoms with Gasteiger partial charge in [-0.1, -0.05) is 18.2 Å². The van der Waals surface area contributed by atoms with Crippen molar-refractivity contribution in [2.24, 2.45) is 5.92 Å². The largest absolute Gasteiger partial charge is 0.481 e. The van der Waals surface area contributed by atoms with Crippen molar-refractivity contribution in [1.29, 1.82) is 0 Å². The Bertz CT molecular complexity index is 554. The van der Waals surface area contributed by atoms with Crippen LogP contribution in [0.2, 0.25) is 0 Å². The number of hydrogen-bond donors (Lipinski definition) is 3. The Morgan fingerprint density at radius 2 is 2.05 bits per heavy atom. The van der Waals surface area contributed by atoms with Crippen molar-refractivity contribution in [1.82, 2.24) is 5.32 Å². The quantitative estimate of drug-likeness (QED) is 0.774. The van der Waals surface area contributed by atoms with Gasteiger partial charge in [-0.25, -0.2) is 0 Å². The topological polar surface area (TPSA) is 78.4 Å². The van der Waals surface area contributed by atoms with Crippen molar-refractivity contribution in [3.05, 3.63) is 29.8 Å². The van der Waals surface area contributed by atoms with Gasteiger partial charge in [0, 0.05) is 18.3 Å². The fourth-order valence-corrected chi connectivity index (χ4v) is 3.05. The lowest BCUT2D eigenvalue weighted by Gasteiger charge is -2.27. The summed E-state index contributed by atoms with van der Waals surface area (Å²) >= 11 is 0. The summed E-state index contributed by atoms with van der Waals surface area (Å²) in [6, 6.07) is 7.60. The summed E-state index contributed by atoms with van der Waals surface area (Å²) in [5, 5.41) is 15.2. The first-order chi connectivity index (χ1) is 10.1. The number of rotatable bonds is 5. The maximum Gasteiger partial charge on any atom is 0.305 e. The minimum Gasteiger partial charge on any atom is -0.481 e. The molecule has 1 amide bonds. The number of anilines is 1. The van der Waals surface area contributed by atoms with E-state index in [1.54, 1.807) is 0 Å². The van der Waals surface area contributed by atoms with E-state index >= 15 is 0 Å². The third-order valence-electron chi connectivity index (χ3n) is 4.31. The van der Waals surface area contributed by atoms with E-state index in [-0.39, 0.29) is 24.3 Å². The Morgan fingerprint density at radius 3 is 2.76 bits per heavy atom. The van der Waals surface area contributed by atoms with Crippen LogP contribution in [0.5, 0.6) is 0 Å². The van der Waals surface area contributed by atoms with Crippen molar-refractivity contribution in [2.45, 2.75) is 37.6 Å². The number of carbonyl (C=O) groups excluding carboxylic acids is 1. The molecule has 21 heavy (non-hydrogen) atoms. The highest BCUT2D eigenvalue weighted by atomic mass is 16.4. The predicted octanol–water partition coefficient (Wildman–Crippen LogP) is 1.96. The molecule has 0 bridgehead atoms. The van der Waals surface area contributed by atoms with E-state index in [4.69, 9.17) is 5.11 Å². The molecule has 1 saturated carbocycles. The number of fused-ring (bicyclic) bond motifs is 1. The van der Waals surface area contributed by atoms with E-state index in [1.807, 2.05) is 24.3 Å². The number of carbonyl (C=O) groups is 2. The van der Waals surface area contributed by atoms with E-state index < -0.39 is 5.97 Å². The van der Waals surface area contributed by atoms with Gasteiger partial charge < -0.3 is 15.7 Å². The molecule has 2 atom stereocenters. The Hall–Kier alpha value is -2.04. The van der Waals surface area contributed by atoms with Gasteiger partial charge in [0.05, 0.1) is 12.3 Å². The van der Waals surface area contributed by atoms with E-state index in [9.17, 15) is 9.59 Å². The molecule has 1 aromatic carbocycles. The van der Waals surface area contributed by atoms with Crippen LogP contribution in [0.3, 0.4) is 0 Å². The summed E-state index contributed by atoms with van der Waals surface area (Å²) in [7, 11) is 0. The number of amides is 1. The van der Waals surface area contributed by atoms with Crippen molar-refractivity contribution >= 4 is 17.6 Å². The number of nitrogens with one attached hydrogen (secondary N) is 2. The smallest absolute Gasteiger partial charge is 0.305 e. The summed E-state index contributed by atoms with van der Waals surface area (Å²) in [6.07, 6.45) is 2.79. The summed E-state index contributed by atoms with van der Waals surface area (Å²) in [6.45, 7) is 0.766. The zero-order valence-corrected chi connectivity index (χ0v) is 11.8. The van der Waals surface area contributed by atoms with Gasteiger partial charge >= 0.3 is 5.97 Å². The molecule has 0 aromatic heterocycles. The van der Waals surface area contributed by atoms with E-state index in [2.05, 4.69) is 10.6 Å². The summed E-state index contributed by atoms with van der Waals surface area (Å²) in [5.41, 5.74) is 2.01. The van der Waals surface area contributed by atoms with Gasteiger partial charge in [-0.2, -0.15) is 0 Å². The Labute approximate surface area is 123 Å². The third kappa shape index (κ3) is 3.17. The second-order valence-electron chi connectivity index (χ2n) is 5.91. The van der Waals surface area contributed by atoms with Gasteiger partial charge in [-0.15, -0.1) is 0 Å². The average Bonchev–Trinajstić information content (AvgIpc) is 3.30. The first kappa shape index (κ1) is 13.9. The Kier molecular flexibility index (Phi) is 3.82. The molecular formula is C16H20N2O3. The second kappa shape index (κ2) is 5.76. The van der Waals surface area contributed by atoms with Crippen molar-refractivity contribution in [3.63, 3.8) is 0 Å². The molecule has 0 spiro atoms. The van der Waals surface area contributed by atoms with Crippen LogP contribution < -0.4 is 10.6 Å². The molecule has 1 aliphatic carbocycles. The molecule has 0 radical (unpaired) electrons. The van der Waals surface area contributed by atoms with Crippen LogP contribution in [0.4, 0.5) is 5.69 Å². The van der Waals surface area contributed by atoms with E-state index in [0.717, 1.165) is 37.1 Å². The molecule has 1 aromatic rings. The summed E-state index contributed by atoms with van der Waals surface area (Å²) in [4.78, 5) is 23.5. The predicted molar refractivity (Wildman–Crippen MR) is 79.2 cm³/mol. The van der Waals surface area contributed by atoms with Crippen LogP contribution in [0.25, 0.3) is 0 Å². The maximum atomic E-state index is 12.6. The minimum absolute atomic E-state index is 0.0169. The SMILES string of the molecule is O=C(O)CC(NC(=O)C1CCNc2ccccc21)C1CC1. The molecular weight excluding hydrogens is 268 g/mol. The van der Waals surface area contributed by atoms with E-state index in [1.165, 1.54) is 0 Å². The number of benzene rings is 1. The molecule has 1 aliphatic heterocycles. The van der Waals surface area contributed by atoms with Crippen LogP contribution in [0, 0.1) is 5.92 Å². The van der Waals surface area contributed by atoms with Crippen LogP contribution in [0.1, 0.15) is 37.2 Å². The highest BCUT2D eigenvalue weighted by Gasteiger charge is 2.36. The Morgan fingerprint density at radius 1 is 1.29 bits per heavy atom. The fourth-order valence-electron chi connectivity index (χ4n) is 3.05. The molecule has 3 rings (SSSR count). The van der Waals surface area contributed by atoms with Crippen molar-refractivity contribution in [3.8, 4) is 0 Å². The number of aliphatic carboxylic acids is 1. The molecule has 5 heteroatoms. The maximum absolute atomic E-state index is 12.6. The lowest BCUT2D eigenvalue weighted by atomic mass is 9.90. The van der Waals surface area contributed by atoms with E-state index in [0.29, 0.717) is 5.92 Å². The first-order valence-corrected chi connectivity index (χ1v) is 7.50. The lowest BCUT2D eigenvalue weighted by molar-refractivity contribution is -0.138. The van der Waals surface area contributed by atoms with Gasteiger partial charge in [0.1, 0.15) is 0 Å². The van der Waals surface area contributed by atoms with Crippen molar-refractivity contribution < 1.29 is 14.7 Å². The number of para-hydroxylation sites is 1. The number of carboxylic acids is 1. The zero-order chi connectivity index (χ0) is 14.8. The van der Waals surface area contributed by atoms with Gasteiger partial charge in [0.25, 0.3) is 0 Å². The molecule has 3 N–H and O–H groups in total. The van der Waals surface area contributed by atoms with Crippen LogP contribution in [-0.2, 0) is 9.59 Å². The standard InChI is InChI=1S/C16H20N2O3/c19-15(20)9-14(10-5-6-10)18-16(21)12-7-8-17-13-4-2-1-3-11(12)13/h1-4,10,12,14,17H,5-9H2,(H,18,21)(H,19,20). The van der Waals surface area contributed by atoms with Gasteiger partial charge in [0.15, 0.2) is 0 Å². The highest BCUT2D eigenvalue weighted by molar-refractivity contribution is 5.87. The lowest BCUT2D eigenvalue weighted by Crippen LogP contribution is -2.42. The summed E-state index contributed by atoms with van der Waals surface area (Å²) < 4.78 is 0. The monoisotopic (exact) mass is 288 g/mol. The first-order valence-electron chi connectivity index (χ1n) is 7.50. The fraction of sp³-hybridized carbons (Fsp3) is 0.500.